The van der Waals surface area contributed by atoms with Gasteiger partial charge in [-0.25, -0.2) is 0 Å². The van der Waals surface area contributed by atoms with Gasteiger partial charge in [-0.3, -0.25) is 4.55 Å². The summed E-state index contributed by atoms with van der Waals surface area (Å²) >= 11 is 0. The minimum absolute atomic E-state index is 0. The van der Waals surface area contributed by atoms with Crippen molar-refractivity contribution in [3.8, 4) is 0 Å². The monoisotopic (exact) mass is 173 g/mol. The molecule has 0 fully saturated rings. The van der Waals surface area contributed by atoms with Gasteiger partial charge in [-0.05, 0) is 6.42 Å². The predicted molar refractivity (Wildman–Crippen MR) is 41.6 cm³/mol. The van der Waals surface area contributed by atoms with Gasteiger partial charge in [0.1, 0.15) is 5.25 Å². The minimum Gasteiger partial charge on any atom is -0.285 e. The van der Waals surface area contributed by atoms with Crippen LogP contribution >= 0.6 is 0 Å². The Hall–Kier alpha value is 0.650. The third kappa shape index (κ3) is 4.46. The van der Waals surface area contributed by atoms with E-state index in [9.17, 15) is 8.42 Å². The second-order valence-electron chi connectivity index (χ2n) is 1.70. The zero-order valence-electron chi connectivity index (χ0n) is 6.24. The molecule has 3 nitrogen and oxygen atoms in total. The zero-order chi connectivity index (χ0) is 7.49. The van der Waals surface area contributed by atoms with E-state index >= 15 is 0 Å². The van der Waals surface area contributed by atoms with Crippen LogP contribution in [0, 0.1) is 0 Å². The maximum absolute atomic E-state index is 10.3. The fourth-order valence-corrected chi connectivity index (χ4v) is 1.16. The Balaban J connectivity index is 0. The van der Waals surface area contributed by atoms with E-state index in [4.69, 9.17) is 4.55 Å². The Labute approximate surface area is 83.6 Å². The van der Waals surface area contributed by atoms with E-state index in [0.29, 0.717) is 6.42 Å². The normalized spacial score (nSPS) is 13.4. The van der Waals surface area contributed by atoms with Crippen LogP contribution in [0.5, 0.6) is 0 Å². The second kappa shape index (κ2) is 5.32. The molecule has 0 aliphatic carbocycles. The van der Waals surface area contributed by atoms with Gasteiger partial charge in [0.2, 0.25) is 0 Å². The van der Waals surface area contributed by atoms with Crippen molar-refractivity contribution in [1.82, 2.24) is 0 Å². The topological polar surface area (TPSA) is 54.4 Å². The van der Waals surface area contributed by atoms with Gasteiger partial charge in [0.05, 0.1) is 0 Å². The molecule has 0 heterocycles. The summed E-state index contributed by atoms with van der Waals surface area (Å²) in [7, 11) is -3.88. The molecule has 0 aliphatic heterocycles. The Morgan fingerprint density at radius 2 is 2.10 bits per heavy atom. The SMILES string of the molecule is C=CC(CC)S(=O)(=O)O.[Na]. The van der Waals surface area contributed by atoms with Crippen LogP contribution in [0.1, 0.15) is 13.3 Å². The van der Waals surface area contributed by atoms with Crippen molar-refractivity contribution in [2.24, 2.45) is 0 Å². The number of hydrogen-bond donors (Lipinski definition) is 1. The fraction of sp³-hybridized carbons (Fsp3) is 0.600. The largest absolute Gasteiger partial charge is 0.285 e. The molecule has 1 radical (unpaired) electrons. The molecular formula is C5H10NaO3S. The third-order valence-corrected chi connectivity index (χ3v) is 2.34. The first kappa shape index (κ1) is 13.3. The molecule has 5 heteroatoms. The van der Waals surface area contributed by atoms with E-state index in [0.717, 1.165) is 0 Å². The van der Waals surface area contributed by atoms with Crippen LogP contribution < -0.4 is 0 Å². The molecule has 0 saturated carbocycles. The molecule has 0 spiro atoms. The van der Waals surface area contributed by atoms with Crippen LogP contribution in [0.2, 0.25) is 0 Å². The summed E-state index contributed by atoms with van der Waals surface area (Å²) in [6.45, 7) is 4.93. The Kier molecular flexibility index (Phi) is 7.05. The molecule has 0 bridgehead atoms. The van der Waals surface area contributed by atoms with Crippen LogP contribution in [0.4, 0.5) is 0 Å². The molecule has 0 aliphatic rings. The number of rotatable bonds is 3. The predicted octanol–water partition coefficient (Wildman–Crippen LogP) is 0.458. The first-order valence-electron chi connectivity index (χ1n) is 2.61. The Bertz CT molecular complexity index is 185. The van der Waals surface area contributed by atoms with Crippen LogP contribution in [0.3, 0.4) is 0 Å². The van der Waals surface area contributed by atoms with Crippen LogP contribution in [-0.4, -0.2) is 47.8 Å². The summed E-state index contributed by atoms with van der Waals surface area (Å²) in [5, 5.41) is -0.808. The third-order valence-electron chi connectivity index (χ3n) is 1.05. The molecule has 0 amide bonds. The maximum Gasteiger partial charge on any atom is 0.271 e. The summed E-state index contributed by atoms with van der Waals surface area (Å²) in [4.78, 5) is 0. The zero-order valence-corrected chi connectivity index (χ0v) is 9.06. The summed E-state index contributed by atoms with van der Waals surface area (Å²) < 4.78 is 28.9. The summed E-state index contributed by atoms with van der Waals surface area (Å²) in [5.41, 5.74) is 0. The van der Waals surface area contributed by atoms with Crippen molar-refractivity contribution in [3.05, 3.63) is 12.7 Å². The van der Waals surface area contributed by atoms with E-state index in [1.807, 2.05) is 0 Å². The molecule has 0 aromatic heterocycles. The van der Waals surface area contributed by atoms with Gasteiger partial charge in [0.25, 0.3) is 10.1 Å². The van der Waals surface area contributed by atoms with Crippen LogP contribution in [0.25, 0.3) is 0 Å². The van der Waals surface area contributed by atoms with E-state index in [1.165, 1.54) is 6.08 Å². The van der Waals surface area contributed by atoms with E-state index in [2.05, 4.69) is 6.58 Å². The smallest absolute Gasteiger partial charge is 0.271 e. The summed E-state index contributed by atoms with van der Waals surface area (Å²) in [6, 6.07) is 0. The molecule has 1 unspecified atom stereocenters. The van der Waals surface area contributed by atoms with Gasteiger partial charge in [0, 0.05) is 29.6 Å². The molecule has 0 saturated heterocycles. The van der Waals surface area contributed by atoms with Gasteiger partial charge in [0.15, 0.2) is 0 Å². The molecule has 0 rings (SSSR count). The summed E-state index contributed by atoms with van der Waals surface area (Å²) in [6.07, 6.45) is 1.58. The fourth-order valence-electron chi connectivity index (χ4n) is 0.499. The van der Waals surface area contributed by atoms with Gasteiger partial charge < -0.3 is 0 Å². The molecule has 10 heavy (non-hydrogen) atoms. The van der Waals surface area contributed by atoms with Gasteiger partial charge in [-0.2, -0.15) is 8.42 Å². The first-order valence-corrected chi connectivity index (χ1v) is 4.11. The molecule has 1 N–H and O–H groups in total. The molecular weight excluding hydrogens is 163 g/mol. The van der Waals surface area contributed by atoms with E-state index in [1.54, 1.807) is 6.92 Å². The number of hydrogen-bond acceptors (Lipinski definition) is 2. The molecule has 0 aromatic carbocycles. The van der Waals surface area contributed by atoms with Crippen molar-refractivity contribution >= 4 is 39.7 Å². The van der Waals surface area contributed by atoms with Gasteiger partial charge in [-0.15, -0.1) is 6.58 Å². The quantitative estimate of drug-likeness (QED) is 0.383. The van der Waals surface area contributed by atoms with Crippen LogP contribution in [-0.2, 0) is 10.1 Å². The summed E-state index contributed by atoms with van der Waals surface area (Å²) in [5.74, 6) is 0. The minimum atomic E-state index is -3.88. The van der Waals surface area contributed by atoms with Crippen molar-refractivity contribution < 1.29 is 13.0 Å². The second-order valence-corrected chi connectivity index (χ2v) is 3.33. The van der Waals surface area contributed by atoms with Crippen molar-refractivity contribution in [3.63, 3.8) is 0 Å². The average Bonchev–Trinajstić information content (AvgIpc) is 1.65. The van der Waals surface area contributed by atoms with Crippen molar-refractivity contribution in [2.45, 2.75) is 18.6 Å². The van der Waals surface area contributed by atoms with Gasteiger partial charge in [-0.1, -0.05) is 13.0 Å². The molecule has 55 valence electrons. The maximum atomic E-state index is 10.3. The van der Waals surface area contributed by atoms with Crippen molar-refractivity contribution in [1.29, 1.82) is 0 Å². The standard InChI is InChI=1S/C5H10O3S.Na/c1-3-5(4-2)9(6,7)8;/h3,5H,1,4H2,2H3,(H,6,7,8);. The van der Waals surface area contributed by atoms with Crippen molar-refractivity contribution in [2.75, 3.05) is 0 Å². The van der Waals surface area contributed by atoms with E-state index in [-0.39, 0.29) is 29.6 Å². The van der Waals surface area contributed by atoms with Gasteiger partial charge >= 0.3 is 0 Å². The van der Waals surface area contributed by atoms with E-state index < -0.39 is 15.4 Å². The Morgan fingerprint density at radius 1 is 1.70 bits per heavy atom. The molecule has 0 aromatic rings. The Morgan fingerprint density at radius 3 is 2.10 bits per heavy atom. The van der Waals surface area contributed by atoms with Crippen LogP contribution in [0.15, 0.2) is 12.7 Å². The average molecular weight is 173 g/mol. The molecule has 1 atom stereocenters. The first-order chi connectivity index (χ1) is 4.02.